The van der Waals surface area contributed by atoms with Gasteiger partial charge in [-0.1, -0.05) is 38.1 Å². The van der Waals surface area contributed by atoms with E-state index in [4.69, 9.17) is 4.74 Å². The van der Waals surface area contributed by atoms with Crippen LogP contribution < -0.4 is 10.1 Å². The molecule has 0 fully saturated rings. The Kier molecular flexibility index (Phi) is 9.74. The zero-order valence-corrected chi connectivity index (χ0v) is 26.0. The number of nitrogens with one attached hydrogen (secondary N) is 2. The summed E-state index contributed by atoms with van der Waals surface area (Å²) in [5.74, 6) is 0.216. The molecular weight excluding hydrogens is 568 g/mol. The lowest BCUT2D eigenvalue weighted by Gasteiger charge is -2.17. The van der Waals surface area contributed by atoms with E-state index < -0.39 is 0 Å². The number of nitrogens with zero attached hydrogens (tertiary/aromatic N) is 4. The third-order valence-corrected chi connectivity index (χ3v) is 7.66. The van der Waals surface area contributed by atoms with Gasteiger partial charge in [-0.3, -0.25) is 19.3 Å². The van der Waals surface area contributed by atoms with E-state index in [9.17, 15) is 14.7 Å². The molecule has 0 bridgehead atoms. The number of aromatic hydroxyl groups is 1. The van der Waals surface area contributed by atoms with Gasteiger partial charge in [0.1, 0.15) is 11.4 Å². The van der Waals surface area contributed by atoms with Gasteiger partial charge in [0.2, 0.25) is 0 Å². The number of aromatic amines is 1. The van der Waals surface area contributed by atoms with E-state index in [1.807, 2.05) is 31.2 Å². The van der Waals surface area contributed by atoms with Crippen molar-refractivity contribution in [2.24, 2.45) is 12.0 Å². The Balaban J connectivity index is 1.24. The predicted molar refractivity (Wildman–Crippen MR) is 177 cm³/mol. The van der Waals surface area contributed by atoms with Crippen molar-refractivity contribution in [3.8, 4) is 11.6 Å². The first-order chi connectivity index (χ1) is 21.7. The topological polar surface area (TPSA) is 125 Å². The van der Waals surface area contributed by atoms with Crippen molar-refractivity contribution in [2.75, 3.05) is 31.6 Å². The number of anilines is 1. The van der Waals surface area contributed by atoms with Crippen molar-refractivity contribution >= 4 is 40.2 Å². The second kappa shape index (κ2) is 14.0. The van der Waals surface area contributed by atoms with Crippen LogP contribution in [0.3, 0.4) is 0 Å². The van der Waals surface area contributed by atoms with Gasteiger partial charge in [-0.05, 0) is 75.0 Å². The van der Waals surface area contributed by atoms with Crippen LogP contribution in [-0.2, 0) is 7.05 Å². The highest BCUT2D eigenvalue weighted by atomic mass is 16.5. The van der Waals surface area contributed by atoms with Crippen LogP contribution >= 0.6 is 0 Å². The Morgan fingerprint density at radius 3 is 2.51 bits per heavy atom. The number of aliphatic imine (C=N–C) groups is 1. The van der Waals surface area contributed by atoms with Crippen molar-refractivity contribution in [1.82, 2.24) is 19.7 Å². The predicted octanol–water partition coefficient (Wildman–Crippen LogP) is 6.26. The molecule has 3 N–H and O–H groups in total. The number of fused-ring (bicyclic) bond motifs is 1. The van der Waals surface area contributed by atoms with Crippen LogP contribution in [0.25, 0.3) is 10.9 Å². The van der Waals surface area contributed by atoms with E-state index in [-0.39, 0.29) is 17.6 Å². The molecule has 0 radical (unpaired) electrons. The lowest BCUT2D eigenvalue weighted by molar-refractivity contribution is 0.101. The number of benzene rings is 3. The second-order valence-electron chi connectivity index (χ2n) is 10.8. The maximum Gasteiger partial charge on any atom is 0.273 e. The second-order valence-corrected chi connectivity index (χ2v) is 10.8. The molecule has 232 valence electrons. The molecule has 0 aliphatic carbocycles. The summed E-state index contributed by atoms with van der Waals surface area (Å²) in [5.41, 5.74) is 4.35. The summed E-state index contributed by atoms with van der Waals surface area (Å²) in [6.07, 6.45) is 2.57. The van der Waals surface area contributed by atoms with Gasteiger partial charge < -0.3 is 25.0 Å². The molecule has 0 saturated heterocycles. The van der Waals surface area contributed by atoms with E-state index in [1.54, 1.807) is 61.8 Å². The van der Waals surface area contributed by atoms with Gasteiger partial charge >= 0.3 is 0 Å². The Labute approximate surface area is 262 Å². The van der Waals surface area contributed by atoms with Gasteiger partial charge in [-0.25, -0.2) is 0 Å². The first-order valence-electron chi connectivity index (χ1n) is 15.1. The molecule has 0 spiro atoms. The number of ketones is 1. The number of aryl methyl sites for hydroxylation is 2. The maximum absolute atomic E-state index is 13.4. The Hall–Kier alpha value is -5.22. The summed E-state index contributed by atoms with van der Waals surface area (Å²) in [7, 11) is 1.71. The van der Waals surface area contributed by atoms with Crippen LogP contribution in [0, 0.1) is 6.92 Å². The molecule has 0 saturated carbocycles. The van der Waals surface area contributed by atoms with Crippen LogP contribution in [0.1, 0.15) is 57.9 Å². The monoisotopic (exact) mass is 606 g/mol. The zero-order valence-electron chi connectivity index (χ0n) is 26.0. The molecule has 0 unspecified atom stereocenters. The fourth-order valence-corrected chi connectivity index (χ4v) is 5.19. The number of H-pyrrole nitrogens is 1. The largest absolute Gasteiger partial charge is 0.494 e. The third-order valence-electron chi connectivity index (χ3n) is 7.66. The van der Waals surface area contributed by atoms with Crippen molar-refractivity contribution in [3.05, 3.63) is 101 Å². The molecule has 45 heavy (non-hydrogen) atoms. The molecule has 0 aliphatic rings. The van der Waals surface area contributed by atoms with Crippen molar-refractivity contribution in [2.45, 2.75) is 27.2 Å². The van der Waals surface area contributed by atoms with Crippen LogP contribution in [0.2, 0.25) is 0 Å². The normalized spacial score (nSPS) is 11.5. The van der Waals surface area contributed by atoms with Crippen LogP contribution in [0.4, 0.5) is 11.4 Å². The summed E-state index contributed by atoms with van der Waals surface area (Å²) >= 11 is 0. The van der Waals surface area contributed by atoms with Gasteiger partial charge in [-0.15, -0.1) is 0 Å². The Bertz CT molecular complexity index is 1830. The SMILES string of the molecule is CCN(CC)CCCOc1ccc(N=Cc2c(O)[nH]c3cc(C(=O)c4cccc(NC(=O)c5cc(C)nn5C)c4)ccc23)cc1. The van der Waals surface area contributed by atoms with Gasteiger partial charge in [0.05, 0.1) is 23.6 Å². The minimum atomic E-state index is -0.314. The van der Waals surface area contributed by atoms with Gasteiger partial charge in [-0.2, -0.15) is 5.10 Å². The molecule has 5 aromatic rings. The molecule has 5 rings (SSSR count). The van der Waals surface area contributed by atoms with Crippen molar-refractivity contribution in [3.63, 3.8) is 0 Å². The highest BCUT2D eigenvalue weighted by Gasteiger charge is 2.16. The summed E-state index contributed by atoms with van der Waals surface area (Å²) in [4.78, 5) is 36.0. The average Bonchev–Trinajstić information content (AvgIpc) is 3.56. The highest BCUT2D eigenvalue weighted by molar-refractivity contribution is 6.13. The first kappa shape index (κ1) is 31.2. The number of amides is 1. The van der Waals surface area contributed by atoms with Gasteiger partial charge in [0.25, 0.3) is 5.91 Å². The average molecular weight is 607 g/mol. The lowest BCUT2D eigenvalue weighted by Crippen LogP contribution is -2.25. The van der Waals surface area contributed by atoms with Gasteiger partial charge in [0.15, 0.2) is 11.7 Å². The maximum atomic E-state index is 13.4. The van der Waals surface area contributed by atoms with E-state index >= 15 is 0 Å². The van der Waals surface area contributed by atoms with Crippen LogP contribution in [-0.4, -0.2) is 68.9 Å². The van der Waals surface area contributed by atoms with Crippen LogP contribution in [0.5, 0.6) is 11.6 Å². The molecule has 2 heterocycles. The number of ether oxygens (including phenoxy) is 1. The number of aromatic nitrogens is 3. The van der Waals surface area contributed by atoms with Gasteiger partial charge in [0, 0.05) is 47.5 Å². The minimum absolute atomic E-state index is 0.0402. The molecule has 0 atom stereocenters. The van der Waals surface area contributed by atoms with E-state index in [0.29, 0.717) is 40.2 Å². The number of carbonyl (C=O) groups excluding carboxylic acids is 2. The smallest absolute Gasteiger partial charge is 0.273 e. The Morgan fingerprint density at radius 2 is 1.80 bits per heavy atom. The molecule has 2 aromatic heterocycles. The third kappa shape index (κ3) is 7.47. The zero-order chi connectivity index (χ0) is 31.9. The fraction of sp³-hybridized carbons (Fsp3) is 0.257. The fourth-order valence-electron chi connectivity index (χ4n) is 5.19. The van der Waals surface area contributed by atoms with E-state index in [0.717, 1.165) is 48.6 Å². The quantitative estimate of drug-likeness (QED) is 0.0826. The van der Waals surface area contributed by atoms with E-state index in [1.165, 1.54) is 4.68 Å². The summed E-state index contributed by atoms with van der Waals surface area (Å²) in [5, 5.41) is 18.4. The molecule has 1 amide bonds. The summed E-state index contributed by atoms with van der Waals surface area (Å²) in [6.45, 7) is 9.89. The molecule has 10 nitrogen and oxygen atoms in total. The Morgan fingerprint density at radius 1 is 1.04 bits per heavy atom. The molecule has 0 aliphatic heterocycles. The number of hydrogen-bond acceptors (Lipinski definition) is 7. The standard InChI is InChI=1S/C35H38N6O4/c1-5-41(6-2)17-8-18-45-28-14-12-26(13-15-28)36-22-30-29-16-11-25(21-31(29)38-34(30)43)33(42)24-9-7-10-27(20-24)37-35(44)32-19-23(3)39-40(32)4/h7,9-16,19-22,38,43H,5-6,8,17-18H2,1-4H3,(H,37,44). The molecule has 3 aromatic carbocycles. The molecular formula is C35H38N6O4. The van der Waals surface area contributed by atoms with E-state index in [2.05, 4.69) is 39.1 Å². The molecule has 10 heteroatoms. The first-order valence-corrected chi connectivity index (χ1v) is 15.1. The summed E-state index contributed by atoms with van der Waals surface area (Å²) < 4.78 is 7.38. The minimum Gasteiger partial charge on any atom is -0.494 e. The number of carbonyl (C=O) groups is 2. The van der Waals surface area contributed by atoms with Crippen molar-refractivity contribution in [1.29, 1.82) is 0 Å². The summed E-state index contributed by atoms with van der Waals surface area (Å²) in [6, 6.07) is 21.2. The van der Waals surface area contributed by atoms with Crippen LogP contribution in [0.15, 0.2) is 77.8 Å². The number of rotatable bonds is 13. The lowest BCUT2D eigenvalue weighted by atomic mass is 10.0. The number of hydrogen-bond donors (Lipinski definition) is 3. The highest BCUT2D eigenvalue weighted by Crippen LogP contribution is 2.28. The van der Waals surface area contributed by atoms with Crippen molar-refractivity contribution < 1.29 is 19.4 Å².